The third-order valence-electron chi connectivity index (χ3n) is 4.97. The highest BCUT2D eigenvalue weighted by atomic mass is 16.3. The second-order valence-electron chi connectivity index (χ2n) is 7.11. The largest absolute Gasteiger partial charge is 0.386 e. The number of piperidine rings is 1. The first-order chi connectivity index (χ1) is 13.0. The highest BCUT2D eigenvalue weighted by Gasteiger charge is 2.36. The standard InChI is InChI=1S/C19H22N6O2/c1-15-12-16(4-5-17(15)25-10-3-7-21-25)18(26)23-9-2-6-19(27,13-23)14-24-11-8-20-22-24/h3-5,7-8,10-12,27H,2,6,9,13-14H2,1H3. The van der Waals surface area contributed by atoms with E-state index in [-0.39, 0.29) is 12.5 Å². The highest BCUT2D eigenvalue weighted by Crippen LogP contribution is 2.25. The molecule has 1 saturated heterocycles. The molecule has 140 valence electrons. The number of aryl methyl sites for hydroxylation is 1. The van der Waals surface area contributed by atoms with E-state index in [1.807, 2.05) is 37.4 Å². The Morgan fingerprint density at radius 3 is 2.89 bits per heavy atom. The molecule has 3 heterocycles. The van der Waals surface area contributed by atoms with Gasteiger partial charge in [-0.25, -0.2) is 9.36 Å². The molecule has 0 saturated carbocycles. The van der Waals surface area contributed by atoms with Crippen LogP contribution in [0.1, 0.15) is 28.8 Å². The van der Waals surface area contributed by atoms with Crippen LogP contribution in [0.25, 0.3) is 5.69 Å². The summed E-state index contributed by atoms with van der Waals surface area (Å²) in [4.78, 5) is 14.7. The maximum absolute atomic E-state index is 13.0. The van der Waals surface area contributed by atoms with Gasteiger partial charge in [0, 0.05) is 30.7 Å². The molecule has 4 rings (SSSR count). The summed E-state index contributed by atoms with van der Waals surface area (Å²) >= 11 is 0. The van der Waals surface area contributed by atoms with E-state index in [2.05, 4.69) is 15.4 Å². The van der Waals surface area contributed by atoms with Crippen molar-refractivity contribution >= 4 is 5.91 Å². The summed E-state index contributed by atoms with van der Waals surface area (Å²) in [7, 11) is 0. The number of nitrogens with zero attached hydrogens (tertiary/aromatic N) is 6. The summed E-state index contributed by atoms with van der Waals surface area (Å²) in [5.41, 5.74) is 1.54. The average Bonchev–Trinajstić information content (AvgIpc) is 3.34. The lowest BCUT2D eigenvalue weighted by Gasteiger charge is -2.39. The second kappa shape index (κ2) is 6.96. The molecule has 1 atom stereocenters. The van der Waals surface area contributed by atoms with E-state index in [0.717, 1.165) is 17.7 Å². The average molecular weight is 366 g/mol. The SMILES string of the molecule is Cc1cc(C(=O)N2CCCC(O)(Cn3ccnn3)C2)ccc1-n1cccn1. The number of rotatable bonds is 4. The van der Waals surface area contributed by atoms with Gasteiger partial charge < -0.3 is 10.0 Å². The fourth-order valence-electron chi connectivity index (χ4n) is 3.67. The molecular formula is C19H22N6O2. The van der Waals surface area contributed by atoms with Gasteiger partial charge in [0.1, 0.15) is 5.60 Å². The molecule has 8 nitrogen and oxygen atoms in total. The first-order valence-corrected chi connectivity index (χ1v) is 9.01. The van der Waals surface area contributed by atoms with Crippen molar-refractivity contribution in [1.82, 2.24) is 29.7 Å². The van der Waals surface area contributed by atoms with Crippen molar-refractivity contribution in [1.29, 1.82) is 0 Å². The molecule has 27 heavy (non-hydrogen) atoms. The molecule has 0 aliphatic carbocycles. The van der Waals surface area contributed by atoms with Gasteiger partial charge >= 0.3 is 0 Å². The second-order valence-corrected chi connectivity index (χ2v) is 7.11. The van der Waals surface area contributed by atoms with Crippen LogP contribution in [0.5, 0.6) is 0 Å². The molecule has 0 spiro atoms. The maximum atomic E-state index is 13.0. The van der Waals surface area contributed by atoms with Crippen LogP contribution in [0.4, 0.5) is 0 Å². The van der Waals surface area contributed by atoms with Crippen molar-refractivity contribution in [3.05, 3.63) is 60.2 Å². The predicted molar refractivity (Wildman–Crippen MR) is 98.4 cm³/mol. The van der Waals surface area contributed by atoms with Gasteiger partial charge in [-0.1, -0.05) is 5.21 Å². The van der Waals surface area contributed by atoms with Crippen LogP contribution in [0.2, 0.25) is 0 Å². The van der Waals surface area contributed by atoms with Crippen LogP contribution in [-0.2, 0) is 6.54 Å². The Hall–Kier alpha value is -3.00. The Bertz CT molecular complexity index is 922. The summed E-state index contributed by atoms with van der Waals surface area (Å²) in [6.07, 6.45) is 8.28. The van der Waals surface area contributed by atoms with Crippen molar-refractivity contribution in [2.45, 2.75) is 31.9 Å². The summed E-state index contributed by atoms with van der Waals surface area (Å²) < 4.78 is 3.39. The minimum atomic E-state index is -0.994. The Morgan fingerprint density at radius 2 is 2.19 bits per heavy atom. The lowest BCUT2D eigenvalue weighted by atomic mass is 9.92. The molecule has 1 unspecified atom stereocenters. The quantitative estimate of drug-likeness (QED) is 0.755. The van der Waals surface area contributed by atoms with E-state index in [1.165, 1.54) is 0 Å². The first-order valence-electron chi connectivity index (χ1n) is 9.01. The molecule has 1 N–H and O–H groups in total. The lowest BCUT2D eigenvalue weighted by Crippen LogP contribution is -2.52. The number of likely N-dealkylation sites (tertiary alicyclic amines) is 1. The van der Waals surface area contributed by atoms with Crippen LogP contribution < -0.4 is 0 Å². The van der Waals surface area contributed by atoms with E-state index in [0.29, 0.717) is 25.1 Å². The molecule has 1 fully saturated rings. The number of hydrogen-bond acceptors (Lipinski definition) is 5. The third-order valence-corrected chi connectivity index (χ3v) is 4.97. The van der Waals surface area contributed by atoms with Gasteiger partial charge in [0.25, 0.3) is 5.91 Å². The third kappa shape index (κ3) is 3.61. The smallest absolute Gasteiger partial charge is 0.253 e. The predicted octanol–water partition coefficient (Wildman–Crippen LogP) is 1.44. The molecule has 1 aliphatic rings. The van der Waals surface area contributed by atoms with Gasteiger partial charge in [0.2, 0.25) is 0 Å². The van der Waals surface area contributed by atoms with Crippen molar-refractivity contribution < 1.29 is 9.90 Å². The van der Waals surface area contributed by atoms with Gasteiger partial charge in [0.05, 0.1) is 25.0 Å². The summed E-state index contributed by atoms with van der Waals surface area (Å²) in [5, 5.41) is 22.9. The van der Waals surface area contributed by atoms with Crippen LogP contribution in [0.15, 0.2) is 49.1 Å². The number of benzene rings is 1. The van der Waals surface area contributed by atoms with Crippen molar-refractivity contribution in [2.75, 3.05) is 13.1 Å². The van der Waals surface area contributed by atoms with Crippen LogP contribution in [-0.4, -0.2) is 59.4 Å². The number of amides is 1. The first kappa shape index (κ1) is 17.4. The Morgan fingerprint density at radius 1 is 1.30 bits per heavy atom. The number of aromatic nitrogens is 5. The molecule has 1 aromatic carbocycles. The number of hydrogen-bond donors (Lipinski definition) is 1. The normalized spacial score (nSPS) is 20.0. The highest BCUT2D eigenvalue weighted by molar-refractivity contribution is 5.94. The minimum absolute atomic E-state index is 0.0677. The molecule has 0 bridgehead atoms. The van der Waals surface area contributed by atoms with Gasteiger partial charge in [-0.15, -0.1) is 5.10 Å². The minimum Gasteiger partial charge on any atom is -0.386 e. The van der Waals surface area contributed by atoms with E-state index in [9.17, 15) is 9.90 Å². The fraction of sp³-hybridized carbons (Fsp3) is 0.368. The number of β-amino-alcohol motifs (C(OH)–C–C–N with tert-alkyl or cyclic N) is 1. The lowest BCUT2D eigenvalue weighted by molar-refractivity contribution is -0.0387. The van der Waals surface area contributed by atoms with E-state index >= 15 is 0 Å². The van der Waals surface area contributed by atoms with Crippen molar-refractivity contribution in [3.8, 4) is 5.69 Å². The summed E-state index contributed by atoms with van der Waals surface area (Å²) in [6, 6.07) is 7.46. The fourth-order valence-corrected chi connectivity index (χ4v) is 3.67. The van der Waals surface area contributed by atoms with E-state index in [1.54, 1.807) is 32.9 Å². The zero-order valence-electron chi connectivity index (χ0n) is 15.2. The summed E-state index contributed by atoms with van der Waals surface area (Å²) in [6.45, 7) is 3.21. The van der Waals surface area contributed by atoms with E-state index < -0.39 is 5.60 Å². The van der Waals surface area contributed by atoms with Crippen molar-refractivity contribution in [2.24, 2.45) is 0 Å². The molecular weight excluding hydrogens is 344 g/mol. The number of carbonyl (C=O) groups is 1. The zero-order chi connectivity index (χ0) is 18.9. The molecule has 0 radical (unpaired) electrons. The number of carbonyl (C=O) groups excluding carboxylic acids is 1. The Balaban J connectivity index is 1.51. The van der Waals surface area contributed by atoms with Crippen LogP contribution in [0, 0.1) is 6.92 Å². The monoisotopic (exact) mass is 366 g/mol. The van der Waals surface area contributed by atoms with Crippen LogP contribution in [0.3, 0.4) is 0 Å². The molecule has 2 aromatic heterocycles. The zero-order valence-corrected chi connectivity index (χ0v) is 15.2. The van der Waals surface area contributed by atoms with Gasteiger partial charge in [-0.2, -0.15) is 5.10 Å². The van der Waals surface area contributed by atoms with Crippen molar-refractivity contribution in [3.63, 3.8) is 0 Å². The Labute approximate surface area is 157 Å². The van der Waals surface area contributed by atoms with Gasteiger partial charge in [-0.3, -0.25) is 4.79 Å². The Kier molecular flexibility index (Phi) is 4.49. The number of aliphatic hydroxyl groups is 1. The topological polar surface area (TPSA) is 89.1 Å². The molecule has 1 amide bonds. The molecule has 1 aliphatic heterocycles. The van der Waals surface area contributed by atoms with Gasteiger partial charge in [-0.05, 0) is 49.6 Å². The maximum Gasteiger partial charge on any atom is 0.253 e. The molecule has 8 heteroatoms. The van der Waals surface area contributed by atoms with Gasteiger partial charge in [0.15, 0.2) is 0 Å². The van der Waals surface area contributed by atoms with E-state index in [4.69, 9.17) is 0 Å². The van der Waals surface area contributed by atoms with Crippen LogP contribution >= 0.6 is 0 Å². The molecule has 3 aromatic rings. The summed E-state index contributed by atoms with van der Waals surface area (Å²) in [5.74, 6) is -0.0677.